The number of nitrogens with zero attached hydrogens (tertiary/aromatic N) is 5. The molecule has 0 amide bonds. The zero-order valence-electron chi connectivity index (χ0n) is 13.7. The number of nitrogens with one attached hydrogen (secondary N) is 1. The Morgan fingerprint density at radius 1 is 1.38 bits per heavy atom. The van der Waals surface area contributed by atoms with E-state index >= 15 is 0 Å². The minimum absolute atomic E-state index is 0.319. The van der Waals surface area contributed by atoms with E-state index in [9.17, 15) is 0 Å². The first kappa shape index (κ1) is 16.5. The van der Waals surface area contributed by atoms with Gasteiger partial charge in [0.15, 0.2) is 0 Å². The maximum Gasteiger partial charge on any atom is 0.226 e. The Balaban J connectivity index is 1.69. The van der Waals surface area contributed by atoms with Crippen molar-refractivity contribution >= 4 is 33.4 Å². The van der Waals surface area contributed by atoms with Crippen LogP contribution in [0.3, 0.4) is 0 Å². The second kappa shape index (κ2) is 7.05. The van der Waals surface area contributed by atoms with Gasteiger partial charge in [-0.1, -0.05) is 15.9 Å². The molecule has 1 atom stereocenters. The average molecular weight is 387 g/mol. The Bertz CT molecular complexity index is 770. The summed E-state index contributed by atoms with van der Waals surface area (Å²) < 4.78 is 0.930. The van der Waals surface area contributed by atoms with Gasteiger partial charge in [0.25, 0.3) is 0 Å². The number of aromatic nitrogens is 2. The van der Waals surface area contributed by atoms with Gasteiger partial charge in [0, 0.05) is 49.6 Å². The predicted octanol–water partition coefficient (Wildman–Crippen LogP) is 2.87. The van der Waals surface area contributed by atoms with Crippen molar-refractivity contribution < 1.29 is 0 Å². The van der Waals surface area contributed by atoms with Crippen molar-refractivity contribution in [2.75, 3.05) is 42.3 Å². The molecule has 0 radical (unpaired) electrons. The highest BCUT2D eigenvalue weighted by Crippen LogP contribution is 2.26. The normalized spacial score (nSPS) is 16.8. The van der Waals surface area contributed by atoms with Crippen molar-refractivity contribution in [1.29, 1.82) is 5.26 Å². The molecule has 124 valence electrons. The van der Waals surface area contributed by atoms with E-state index in [1.807, 2.05) is 37.2 Å². The topological polar surface area (TPSA) is 68.1 Å². The van der Waals surface area contributed by atoms with E-state index in [4.69, 9.17) is 5.26 Å². The third-order valence-corrected chi connectivity index (χ3v) is 4.42. The molecule has 1 unspecified atom stereocenters. The van der Waals surface area contributed by atoms with Crippen molar-refractivity contribution in [3.05, 3.63) is 40.5 Å². The number of rotatable bonds is 4. The Morgan fingerprint density at radius 2 is 2.21 bits per heavy atom. The third-order valence-electron chi connectivity index (χ3n) is 3.96. The van der Waals surface area contributed by atoms with Gasteiger partial charge < -0.3 is 15.1 Å². The van der Waals surface area contributed by atoms with Crippen LogP contribution in [0.25, 0.3) is 0 Å². The number of nitriles is 1. The first-order valence-electron chi connectivity index (χ1n) is 7.77. The summed E-state index contributed by atoms with van der Waals surface area (Å²) in [4.78, 5) is 12.9. The van der Waals surface area contributed by atoms with Gasteiger partial charge in [-0.2, -0.15) is 10.2 Å². The molecule has 0 aliphatic carbocycles. The zero-order valence-corrected chi connectivity index (χ0v) is 15.3. The maximum absolute atomic E-state index is 9.13. The van der Waals surface area contributed by atoms with Gasteiger partial charge in [-0.05, 0) is 30.7 Å². The molecule has 2 aromatic rings. The van der Waals surface area contributed by atoms with Crippen molar-refractivity contribution in [3.8, 4) is 6.07 Å². The summed E-state index contributed by atoms with van der Waals surface area (Å²) in [6.07, 6.45) is 2.79. The molecule has 1 aliphatic heterocycles. The molecular weight excluding hydrogens is 368 g/mol. The minimum Gasteiger partial charge on any atom is -0.369 e. The summed E-state index contributed by atoms with van der Waals surface area (Å²) in [7, 11) is 3.85. The van der Waals surface area contributed by atoms with Crippen LogP contribution in [-0.4, -0.2) is 43.2 Å². The summed E-state index contributed by atoms with van der Waals surface area (Å²) in [5.41, 5.74) is 1.74. The van der Waals surface area contributed by atoms with Crippen molar-refractivity contribution in [1.82, 2.24) is 9.97 Å². The first-order chi connectivity index (χ1) is 11.5. The molecule has 1 fully saturated rings. The van der Waals surface area contributed by atoms with Crippen LogP contribution < -0.4 is 15.1 Å². The smallest absolute Gasteiger partial charge is 0.226 e. The van der Waals surface area contributed by atoms with Crippen molar-refractivity contribution in [2.45, 2.75) is 12.5 Å². The van der Waals surface area contributed by atoms with E-state index in [0.29, 0.717) is 17.6 Å². The number of hydrogen-bond acceptors (Lipinski definition) is 6. The average Bonchev–Trinajstić information content (AvgIpc) is 3.03. The van der Waals surface area contributed by atoms with Crippen LogP contribution in [0.2, 0.25) is 0 Å². The van der Waals surface area contributed by atoms with E-state index in [1.165, 1.54) is 0 Å². The van der Waals surface area contributed by atoms with Crippen molar-refractivity contribution in [3.63, 3.8) is 0 Å². The molecule has 24 heavy (non-hydrogen) atoms. The fourth-order valence-corrected chi connectivity index (χ4v) is 3.27. The molecule has 0 spiro atoms. The third kappa shape index (κ3) is 3.77. The van der Waals surface area contributed by atoms with Crippen LogP contribution in [0.15, 0.2) is 34.9 Å². The first-order valence-corrected chi connectivity index (χ1v) is 8.57. The standard InChI is InChI=1S/C17H19BrN6/c1-23(2)17-20-5-3-16(22-17)21-14-4-6-24(11-14)15-8-12(10-19)7-13(18)9-15/h3,5,7-9,14H,4,6,11H2,1-2H3,(H,20,21,22). The van der Waals surface area contributed by atoms with Gasteiger partial charge in [0.1, 0.15) is 5.82 Å². The SMILES string of the molecule is CN(C)c1nccc(NC2CCN(c3cc(Br)cc(C#N)c3)C2)n1. The Morgan fingerprint density at radius 3 is 2.96 bits per heavy atom. The zero-order chi connectivity index (χ0) is 17.1. The van der Waals surface area contributed by atoms with E-state index < -0.39 is 0 Å². The summed E-state index contributed by atoms with van der Waals surface area (Å²) in [6, 6.07) is 10.2. The van der Waals surface area contributed by atoms with Gasteiger partial charge in [-0.3, -0.25) is 0 Å². The molecule has 2 heterocycles. The van der Waals surface area contributed by atoms with Crippen LogP contribution in [0.5, 0.6) is 0 Å². The molecule has 1 aromatic carbocycles. The minimum atomic E-state index is 0.319. The fraction of sp³-hybridized carbons (Fsp3) is 0.353. The van der Waals surface area contributed by atoms with Gasteiger partial charge in [-0.15, -0.1) is 0 Å². The fourth-order valence-electron chi connectivity index (χ4n) is 2.79. The van der Waals surface area contributed by atoms with Crippen LogP contribution in [0.1, 0.15) is 12.0 Å². The quantitative estimate of drug-likeness (QED) is 0.870. The molecule has 6 nitrogen and oxygen atoms in total. The van der Waals surface area contributed by atoms with Crippen LogP contribution >= 0.6 is 15.9 Å². The molecule has 3 rings (SSSR count). The van der Waals surface area contributed by atoms with Crippen LogP contribution in [-0.2, 0) is 0 Å². The Hall–Kier alpha value is -2.33. The van der Waals surface area contributed by atoms with E-state index in [0.717, 1.165) is 35.5 Å². The molecule has 7 heteroatoms. The lowest BCUT2D eigenvalue weighted by Crippen LogP contribution is -2.26. The predicted molar refractivity (Wildman–Crippen MR) is 99.5 cm³/mol. The van der Waals surface area contributed by atoms with E-state index in [-0.39, 0.29) is 0 Å². The highest BCUT2D eigenvalue weighted by atomic mass is 79.9. The molecule has 0 bridgehead atoms. The monoisotopic (exact) mass is 386 g/mol. The van der Waals surface area contributed by atoms with Crippen LogP contribution in [0.4, 0.5) is 17.5 Å². The number of hydrogen-bond donors (Lipinski definition) is 1. The summed E-state index contributed by atoms with van der Waals surface area (Å²) in [5, 5.41) is 12.6. The van der Waals surface area contributed by atoms with E-state index in [2.05, 4.69) is 48.3 Å². The highest BCUT2D eigenvalue weighted by molar-refractivity contribution is 9.10. The number of anilines is 3. The lowest BCUT2D eigenvalue weighted by atomic mass is 10.2. The van der Waals surface area contributed by atoms with Gasteiger partial charge in [0.2, 0.25) is 5.95 Å². The summed E-state index contributed by atoms with van der Waals surface area (Å²) >= 11 is 3.48. The lowest BCUT2D eigenvalue weighted by molar-refractivity contribution is 0.798. The molecular formula is C17H19BrN6. The number of benzene rings is 1. The summed E-state index contributed by atoms with van der Waals surface area (Å²) in [6.45, 7) is 1.83. The highest BCUT2D eigenvalue weighted by Gasteiger charge is 2.23. The van der Waals surface area contributed by atoms with Gasteiger partial charge >= 0.3 is 0 Å². The second-order valence-corrected chi connectivity index (χ2v) is 6.94. The van der Waals surface area contributed by atoms with Crippen LogP contribution in [0, 0.1) is 11.3 Å². The lowest BCUT2D eigenvalue weighted by Gasteiger charge is -2.20. The van der Waals surface area contributed by atoms with E-state index in [1.54, 1.807) is 6.20 Å². The Kier molecular flexibility index (Phi) is 4.86. The molecule has 0 saturated carbocycles. The van der Waals surface area contributed by atoms with Gasteiger partial charge in [0.05, 0.1) is 11.6 Å². The van der Waals surface area contributed by atoms with Crippen molar-refractivity contribution in [2.24, 2.45) is 0 Å². The largest absolute Gasteiger partial charge is 0.369 e. The second-order valence-electron chi connectivity index (χ2n) is 6.02. The summed E-state index contributed by atoms with van der Waals surface area (Å²) in [5.74, 6) is 1.54. The molecule has 1 N–H and O–H groups in total. The van der Waals surface area contributed by atoms with Gasteiger partial charge in [-0.25, -0.2) is 4.98 Å². The maximum atomic E-state index is 9.13. The molecule has 1 aliphatic rings. The number of halogens is 1. The molecule has 1 aromatic heterocycles. The molecule has 1 saturated heterocycles. The Labute approximate surface area is 150 Å².